The van der Waals surface area contributed by atoms with E-state index in [1.54, 1.807) is 0 Å². The highest BCUT2D eigenvalue weighted by Crippen LogP contribution is 2.18. The van der Waals surface area contributed by atoms with E-state index in [1.165, 1.54) is 17.5 Å². The van der Waals surface area contributed by atoms with Crippen LogP contribution >= 0.6 is 11.6 Å². The molecule has 0 spiro atoms. The van der Waals surface area contributed by atoms with Crippen molar-refractivity contribution in [3.8, 4) is 0 Å². The van der Waals surface area contributed by atoms with Crippen molar-refractivity contribution in [3.05, 3.63) is 34.3 Å². The summed E-state index contributed by atoms with van der Waals surface area (Å²) in [6.45, 7) is 2.84. The second-order valence-electron chi connectivity index (χ2n) is 3.21. The van der Waals surface area contributed by atoms with Crippen molar-refractivity contribution < 1.29 is 0 Å². The molecule has 13 heavy (non-hydrogen) atoms. The summed E-state index contributed by atoms with van der Waals surface area (Å²) in [5, 5.41) is 0.838. The van der Waals surface area contributed by atoms with Crippen molar-refractivity contribution in [3.63, 3.8) is 0 Å². The topological polar surface area (TPSA) is 26.0 Å². The molecule has 1 nitrogen and oxygen atoms in total. The lowest BCUT2D eigenvalue weighted by Crippen LogP contribution is -2.03. The molecule has 0 aliphatic rings. The molecule has 1 aromatic rings. The molecular weight excluding hydrogens is 182 g/mol. The summed E-state index contributed by atoms with van der Waals surface area (Å²) in [4.78, 5) is 0. The summed E-state index contributed by atoms with van der Waals surface area (Å²) in [6, 6.07) is 6.22. The smallest absolute Gasteiger partial charge is 0.0438 e. The summed E-state index contributed by atoms with van der Waals surface area (Å²) in [7, 11) is 0. The summed E-state index contributed by atoms with van der Waals surface area (Å²) in [5.41, 5.74) is 8.03. The van der Waals surface area contributed by atoms with Crippen LogP contribution in [0.5, 0.6) is 0 Å². The van der Waals surface area contributed by atoms with Crippen LogP contribution in [-0.4, -0.2) is 6.54 Å². The minimum atomic E-state index is 0.662. The van der Waals surface area contributed by atoms with Crippen molar-refractivity contribution in [2.24, 2.45) is 5.73 Å². The van der Waals surface area contributed by atoms with E-state index in [-0.39, 0.29) is 0 Å². The van der Waals surface area contributed by atoms with Crippen LogP contribution in [0.15, 0.2) is 18.2 Å². The summed E-state index contributed by atoms with van der Waals surface area (Å²) in [6.07, 6.45) is 3.16. The fraction of sp³-hybridized carbons (Fsp3) is 0.455. The molecule has 2 heteroatoms. The zero-order valence-electron chi connectivity index (χ0n) is 8.02. The molecule has 72 valence electrons. The van der Waals surface area contributed by atoms with E-state index in [1.807, 2.05) is 6.07 Å². The highest BCUT2D eigenvalue weighted by molar-refractivity contribution is 6.31. The Bertz CT molecular complexity index is 271. The first-order valence-electron chi connectivity index (χ1n) is 4.75. The Labute approximate surface area is 84.9 Å². The highest BCUT2D eigenvalue weighted by atomic mass is 35.5. The molecular formula is C11H16ClN. The molecule has 0 fully saturated rings. The third-order valence-corrected chi connectivity index (χ3v) is 2.43. The molecule has 1 rings (SSSR count). The lowest BCUT2D eigenvalue weighted by atomic mass is 10.0. The largest absolute Gasteiger partial charge is 0.330 e. The Kier molecular flexibility index (Phi) is 4.26. The van der Waals surface area contributed by atoms with E-state index in [9.17, 15) is 0 Å². The third kappa shape index (κ3) is 3.02. The molecule has 1 aromatic carbocycles. The molecule has 0 saturated heterocycles. The maximum absolute atomic E-state index is 6.02. The number of halogens is 1. The average molecular weight is 198 g/mol. The Morgan fingerprint density at radius 2 is 2.08 bits per heavy atom. The number of nitrogens with two attached hydrogens (primary N) is 1. The van der Waals surface area contributed by atoms with Crippen molar-refractivity contribution in [1.82, 2.24) is 0 Å². The molecule has 0 aliphatic heterocycles. The third-order valence-electron chi connectivity index (χ3n) is 2.06. The Morgan fingerprint density at radius 3 is 2.69 bits per heavy atom. The van der Waals surface area contributed by atoms with E-state index in [0.717, 1.165) is 17.9 Å². The first kappa shape index (κ1) is 10.6. The molecule has 0 heterocycles. The van der Waals surface area contributed by atoms with Gasteiger partial charge >= 0.3 is 0 Å². The van der Waals surface area contributed by atoms with Crippen molar-refractivity contribution in [2.75, 3.05) is 6.54 Å². The number of hydrogen-bond acceptors (Lipinski definition) is 1. The molecule has 2 N–H and O–H groups in total. The lowest BCUT2D eigenvalue weighted by molar-refractivity contribution is 0.909. The van der Waals surface area contributed by atoms with Gasteiger partial charge in [0.25, 0.3) is 0 Å². The summed E-state index contributed by atoms with van der Waals surface area (Å²) >= 11 is 6.02. The van der Waals surface area contributed by atoms with Gasteiger partial charge in [-0.1, -0.05) is 37.1 Å². The van der Waals surface area contributed by atoms with Gasteiger partial charge in [0.2, 0.25) is 0 Å². The standard InChI is InChI=1S/C11H16ClN/c1-2-3-9-4-5-11(12)10(8-9)6-7-13/h4-5,8H,2-3,6-7,13H2,1H3. The molecule has 0 aromatic heterocycles. The molecule has 0 radical (unpaired) electrons. The predicted molar refractivity (Wildman–Crippen MR) is 58.2 cm³/mol. The van der Waals surface area contributed by atoms with Crippen molar-refractivity contribution in [1.29, 1.82) is 0 Å². The molecule has 0 saturated carbocycles. The molecule has 0 amide bonds. The molecule has 0 unspecified atom stereocenters. The van der Waals surface area contributed by atoms with Crippen LogP contribution < -0.4 is 5.73 Å². The van der Waals surface area contributed by atoms with Crippen molar-refractivity contribution >= 4 is 11.6 Å². The van der Waals surface area contributed by atoms with Gasteiger partial charge in [-0.15, -0.1) is 0 Å². The van der Waals surface area contributed by atoms with E-state index in [0.29, 0.717) is 6.54 Å². The quantitative estimate of drug-likeness (QED) is 0.790. The van der Waals surface area contributed by atoms with Crippen LogP contribution in [0, 0.1) is 0 Å². The van der Waals surface area contributed by atoms with Gasteiger partial charge < -0.3 is 5.73 Å². The summed E-state index contributed by atoms with van der Waals surface area (Å²) in [5.74, 6) is 0. The monoisotopic (exact) mass is 197 g/mol. The van der Waals surface area contributed by atoms with Gasteiger partial charge in [0.05, 0.1) is 0 Å². The van der Waals surface area contributed by atoms with Gasteiger partial charge in [0.15, 0.2) is 0 Å². The Hall–Kier alpha value is -0.530. The van der Waals surface area contributed by atoms with Gasteiger partial charge in [0.1, 0.15) is 0 Å². The Morgan fingerprint density at radius 1 is 1.31 bits per heavy atom. The number of rotatable bonds is 4. The number of hydrogen-bond donors (Lipinski definition) is 1. The fourth-order valence-electron chi connectivity index (χ4n) is 1.42. The van der Waals surface area contributed by atoms with E-state index in [4.69, 9.17) is 17.3 Å². The summed E-state index contributed by atoms with van der Waals surface area (Å²) < 4.78 is 0. The van der Waals surface area contributed by atoms with E-state index in [2.05, 4.69) is 19.1 Å². The molecule has 0 bridgehead atoms. The highest BCUT2D eigenvalue weighted by Gasteiger charge is 2.00. The molecule has 0 atom stereocenters. The number of aryl methyl sites for hydroxylation is 1. The maximum atomic E-state index is 6.02. The first-order valence-corrected chi connectivity index (χ1v) is 5.13. The van der Waals surface area contributed by atoms with Crippen LogP contribution in [0.3, 0.4) is 0 Å². The van der Waals surface area contributed by atoms with Crippen LogP contribution in [-0.2, 0) is 12.8 Å². The fourth-order valence-corrected chi connectivity index (χ4v) is 1.63. The first-order chi connectivity index (χ1) is 6.27. The van der Waals surface area contributed by atoms with Crippen LogP contribution in [0.4, 0.5) is 0 Å². The van der Waals surface area contributed by atoms with Gasteiger partial charge in [-0.3, -0.25) is 0 Å². The zero-order chi connectivity index (χ0) is 9.68. The Balaban J connectivity index is 2.83. The predicted octanol–water partition coefficient (Wildman–Crippen LogP) is 2.79. The lowest BCUT2D eigenvalue weighted by Gasteiger charge is -2.05. The average Bonchev–Trinajstić information content (AvgIpc) is 2.12. The van der Waals surface area contributed by atoms with Gasteiger partial charge in [-0.05, 0) is 36.6 Å². The van der Waals surface area contributed by atoms with E-state index < -0.39 is 0 Å². The van der Waals surface area contributed by atoms with Crippen LogP contribution in [0.1, 0.15) is 24.5 Å². The van der Waals surface area contributed by atoms with Crippen LogP contribution in [0.25, 0.3) is 0 Å². The maximum Gasteiger partial charge on any atom is 0.0438 e. The molecule has 0 aliphatic carbocycles. The zero-order valence-corrected chi connectivity index (χ0v) is 8.77. The second-order valence-corrected chi connectivity index (χ2v) is 3.62. The van der Waals surface area contributed by atoms with Gasteiger partial charge in [-0.25, -0.2) is 0 Å². The van der Waals surface area contributed by atoms with Gasteiger partial charge in [-0.2, -0.15) is 0 Å². The van der Waals surface area contributed by atoms with Crippen LogP contribution in [0.2, 0.25) is 5.02 Å². The SMILES string of the molecule is CCCc1ccc(Cl)c(CCN)c1. The number of benzene rings is 1. The second kappa shape index (κ2) is 5.25. The van der Waals surface area contributed by atoms with E-state index >= 15 is 0 Å². The normalized spacial score (nSPS) is 10.4. The minimum Gasteiger partial charge on any atom is -0.330 e. The van der Waals surface area contributed by atoms with Gasteiger partial charge in [0, 0.05) is 5.02 Å². The van der Waals surface area contributed by atoms with Crippen molar-refractivity contribution in [2.45, 2.75) is 26.2 Å². The minimum absolute atomic E-state index is 0.662.